The Morgan fingerprint density at radius 2 is 1.53 bits per heavy atom. The third-order valence-electron chi connectivity index (χ3n) is 5.17. The number of sulfone groups is 1. The summed E-state index contributed by atoms with van der Waals surface area (Å²) < 4.78 is 64.5. The molecule has 0 radical (unpaired) electrons. The predicted octanol–water partition coefficient (Wildman–Crippen LogP) is 5.28. The molecule has 2 aromatic carbocycles. The molecule has 2 rings (SSSR count). The van der Waals surface area contributed by atoms with E-state index in [1.807, 2.05) is 18.7 Å². The Balaban J connectivity index is 2.84. The van der Waals surface area contributed by atoms with Crippen molar-refractivity contribution in [1.29, 1.82) is 0 Å². The second kappa shape index (κ2) is 10.4. The molecule has 0 aliphatic heterocycles. The molecule has 2 aromatic rings. The Morgan fingerprint density at radius 1 is 1.00 bits per heavy atom. The average Bonchev–Trinajstić information content (AvgIpc) is 2.71. The van der Waals surface area contributed by atoms with Gasteiger partial charge in [0.1, 0.15) is 0 Å². The van der Waals surface area contributed by atoms with Crippen LogP contribution in [0.2, 0.25) is 0 Å². The number of rotatable bonds is 10. The summed E-state index contributed by atoms with van der Waals surface area (Å²) >= 11 is 0. The Morgan fingerprint density at radius 3 is 1.94 bits per heavy atom. The Bertz CT molecular complexity index is 1040. The fourth-order valence-corrected chi connectivity index (χ4v) is 4.39. The first-order valence-electron chi connectivity index (χ1n) is 10.5. The molecule has 0 spiro atoms. The summed E-state index contributed by atoms with van der Waals surface area (Å²) in [6.45, 7) is 5.26. The fourth-order valence-electron chi connectivity index (χ4n) is 3.45. The van der Waals surface area contributed by atoms with Gasteiger partial charge in [-0.15, -0.1) is 0 Å². The number of unbranched alkanes of at least 4 members (excludes halogenated alkanes) is 2. The van der Waals surface area contributed by atoms with Gasteiger partial charge in [0.25, 0.3) is 0 Å². The van der Waals surface area contributed by atoms with Gasteiger partial charge in [-0.2, -0.15) is 13.2 Å². The lowest BCUT2D eigenvalue weighted by Crippen LogP contribution is -2.27. The van der Waals surface area contributed by atoms with Gasteiger partial charge in [-0.25, -0.2) is 8.42 Å². The van der Waals surface area contributed by atoms with Crippen LogP contribution in [0.3, 0.4) is 0 Å². The second-order valence-corrected chi connectivity index (χ2v) is 9.76. The minimum Gasteiger partial charge on any atom is -0.371 e. The topological polar surface area (TPSA) is 80.5 Å². The van der Waals surface area contributed by atoms with Crippen LogP contribution in [0.5, 0.6) is 0 Å². The van der Waals surface area contributed by atoms with Crippen LogP contribution in [0.1, 0.15) is 55.5 Å². The Kier molecular flexibility index (Phi) is 8.34. The van der Waals surface area contributed by atoms with E-state index in [-0.39, 0.29) is 16.0 Å². The van der Waals surface area contributed by atoms with Gasteiger partial charge in [0.2, 0.25) is 5.91 Å². The summed E-state index contributed by atoms with van der Waals surface area (Å²) in [5, 5.41) is 0. The molecule has 0 atom stereocenters. The number of carbonyl (C=O) groups excluding carboxylic acids is 1. The number of hydrogen-bond donors (Lipinski definition) is 1. The number of carbonyl (C=O) groups is 1. The molecule has 0 unspecified atom stereocenters. The van der Waals surface area contributed by atoms with E-state index in [1.165, 1.54) is 24.3 Å². The highest BCUT2D eigenvalue weighted by Crippen LogP contribution is 2.40. The van der Waals surface area contributed by atoms with E-state index in [0.29, 0.717) is 24.3 Å². The molecular weight excluding hydrogens is 441 g/mol. The Labute approximate surface area is 187 Å². The molecule has 9 heteroatoms. The third kappa shape index (κ3) is 6.25. The zero-order chi connectivity index (χ0) is 24.1. The van der Waals surface area contributed by atoms with Gasteiger partial charge in [-0.05, 0) is 42.7 Å². The molecule has 0 saturated carbocycles. The number of benzene rings is 2. The maximum absolute atomic E-state index is 13.1. The first kappa shape index (κ1) is 25.7. The molecule has 2 N–H and O–H groups in total. The summed E-state index contributed by atoms with van der Waals surface area (Å²) in [7, 11) is -3.83. The van der Waals surface area contributed by atoms with Crippen LogP contribution in [0.25, 0.3) is 11.1 Å². The molecule has 0 heterocycles. The number of amides is 1. The number of alkyl halides is 3. The van der Waals surface area contributed by atoms with Gasteiger partial charge in [-0.1, -0.05) is 38.8 Å². The van der Waals surface area contributed by atoms with Crippen molar-refractivity contribution in [3.05, 3.63) is 47.5 Å². The maximum Gasteiger partial charge on any atom is 0.416 e. The van der Waals surface area contributed by atoms with Crippen LogP contribution < -0.4 is 10.6 Å². The van der Waals surface area contributed by atoms with Crippen LogP contribution >= 0.6 is 0 Å². The van der Waals surface area contributed by atoms with Crippen molar-refractivity contribution in [3.63, 3.8) is 0 Å². The molecule has 32 heavy (non-hydrogen) atoms. The minimum absolute atomic E-state index is 0.0362. The van der Waals surface area contributed by atoms with Crippen LogP contribution in [0.4, 0.5) is 18.9 Å². The highest BCUT2D eigenvalue weighted by Gasteiger charge is 2.31. The van der Waals surface area contributed by atoms with E-state index in [4.69, 9.17) is 5.73 Å². The summed E-state index contributed by atoms with van der Waals surface area (Å²) in [5.74, 6) is -0.777. The zero-order valence-corrected chi connectivity index (χ0v) is 19.3. The number of halogens is 3. The molecule has 0 aliphatic rings. The summed E-state index contributed by atoms with van der Waals surface area (Å²) in [5.41, 5.74) is 5.76. The van der Waals surface area contributed by atoms with Gasteiger partial charge in [0.15, 0.2) is 9.84 Å². The molecule has 5 nitrogen and oxygen atoms in total. The quantitative estimate of drug-likeness (QED) is 0.512. The molecule has 1 amide bonds. The van der Waals surface area contributed by atoms with Crippen molar-refractivity contribution in [1.82, 2.24) is 0 Å². The van der Waals surface area contributed by atoms with Gasteiger partial charge in [0, 0.05) is 36.2 Å². The largest absolute Gasteiger partial charge is 0.416 e. The van der Waals surface area contributed by atoms with Gasteiger partial charge in [-0.3, -0.25) is 4.79 Å². The van der Waals surface area contributed by atoms with Gasteiger partial charge >= 0.3 is 6.18 Å². The molecule has 0 bridgehead atoms. The summed E-state index contributed by atoms with van der Waals surface area (Å²) in [6.07, 6.45) is -0.0618. The number of anilines is 1. The van der Waals surface area contributed by atoms with Crippen molar-refractivity contribution in [3.8, 4) is 11.1 Å². The third-order valence-corrected chi connectivity index (χ3v) is 6.29. The van der Waals surface area contributed by atoms with Crippen molar-refractivity contribution >= 4 is 21.4 Å². The fraction of sp³-hybridized carbons (Fsp3) is 0.435. The lowest BCUT2D eigenvalue weighted by molar-refractivity contribution is -0.137. The standard InChI is InChI=1S/C23H29F3N2O3S/c1-4-6-12-28(13-7-5-2)19-14-17(22(27)29)15-20(32(3,30)31)21(19)16-8-10-18(11-9-16)23(24,25)26/h8-11,14-15H,4-7,12-13H2,1-3H3,(H2,27,29). The van der Waals surface area contributed by atoms with Gasteiger partial charge < -0.3 is 10.6 Å². The average molecular weight is 471 g/mol. The monoisotopic (exact) mass is 470 g/mol. The second-order valence-electron chi connectivity index (χ2n) is 7.77. The van der Waals surface area contributed by atoms with Gasteiger partial charge in [0.05, 0.1) is 10.5 Å². The Hall–Kier alpha value is -2.55. The smallest absolute Gasteiger partial charge is 0.371 e. The molecule has 176 valence electrons. The lowest BCUT2D eigenvalue weighted by Gasteiger charge is -2.29. The van der Waals surface area contributed by atoms with Crippen molar-refractivity contribution in [2.75, 3.05) is 24.2 Å². The van der Waals surface area contributed by atoms with Crippen molar-refractivity contribution < 1.29 is 26.4 Å². The first-order valence-corrected chi connectivity index (χ1v) is 12.4. The highest BCUT2D eigenvalue weighted by molar-refractivity contribution is 7.90. The number of primary amides is 1. The van der Waals surface area contributed by atoms with E-state index in [9.17, 15) is 26.4 Å². The van der Waals surface area contributed by atoms with Crippen LogP contribution in [-0.2, 0) is 16.0 Å². The zero-order valence-electron chi connectivity index (χ0n) is 18.5. The first-order chi connectivity index (χ1) is 14.9. The number of nitrogens with two attached hydrogens (primary N) is 1. The molecule has 0 fully saturated rings. The normalized spacial score (nSPS) is 12.1. The lowest BCUT2D eigenvalue weighted by atomic mass is 9.98. The molecule has 0 saturated heterocycles. The molecule has 0 aromatic heterocycles. The van der Waals surface area contributed by atoms with E-state index in [2.05, 4.69) is 0 Å². The number of hydrogen-bond acceptors (Lipinski definition) is 4. The van der Waals surface area contributed by atoms with Crippen molar-refractivity contribution in [2.24, 2.45) is 5.73 Å². The highest BCUT2D eigenvalue weighted by atomic mass is 32.2. The van der Waals surface area contributed by atoms with E-state index < -0.39 is 27.5 Å². The summed E-state index contributed by atoms with van der Waals surface area (Å²) in [6, 6.07) is 7.11. The van der Waals surface area contributed by atoms with Crippen LogP contribution in [0, 0.1) is 0 Å². The molecule has 0 aliphatic carbocycles. The van der Waals surface area contributed by atoms with Crippen molar-refractivity contribution in [2.45, 2.75) is 50.6 Å². The minimum atomic E-state index is -4.51. The van der Waals surface area contributed by atoms with E-state index in [0.717, 1.165) is 44.1 Å². The van der Waals surface area contributed by atoms with E-state index >= 15 is 0 Å². The predicted molar refractivity (Wildman–Crippen MR) is 121 cm³/mol. The summed E-state index contributed by atoms with van der Waals surface area (Å²) in [4.78, 5) is 13.8. The molecular formula is C23H29F3N2O3S. The van der Waals surface area contributed by atoms with Crippen LogP contribution in [0.15, 0.2) is 41.3 Å². The van der Waals surface area contributed by atoms with Crippen LogP contribution in [-0.4, -0.2) is 33.7 Å². The SMILES string of the molecule is CCCCN(CCCC)c1cc(C(N)=O)cc(S(C)(=O)=O)c1-c1ccc(C(F)(F)F)cc1. The maximum atomic E-state index is 13.1. The number of nitrogens with zero attached hydrogens (tertiary/aromatic N) is 1. The van der Waals surface area contributed by atoms with E-state index in [1.54, 1.807) is 0 Å².